The number of amides is 1. The SMILES string of the molecule is Cc1ccc(C(=O)Nn2c(-c3ccccn3)nc3ccccc3c2=O)cc1C. The Labute approximate surface area is 161 Å². The molecule has 1 amide bonds. The molecule has 0 saturated carbocycles. The molecule has 6 nitrogen and oxygen atoms in total. The molecule has 6 heteroatoms. The number of aromatic nitrogens is 3. The molecule has 2 aromatic heterocycles. The summed E-state index contributed by atoms with van der Waals surface area (Å²) in [6.07, 6.45) is 1.62. The molecule has 0 aliphatic rings. The average Bonchev–Trinajstić information content (AvgIpc) is 2.72. The Morgan fingerprint density at radius 1 is 0.964 bits per heavy atom. The maximum atomic E-state index is 13.1. The largest absolute Gasteiger partial charge is 0.280 e. The molecule has 0 fully saturated rings. The van der Waals surface area contributed by atoms with Gasteiger partial charge in [0, 0.05) is 11.8 Å². The lowest BCUT2D eigenvalue weighted by Gasteiger charge is -2.14. The van der Waals surface area contributed by atoms with Crippen LogP contribution in [0.5, 0.6) is 0 Å². The molecule has 0 bridgehead atoms. The summed E-state index contributed by atoms with van der Waals surface area (Å²) in [5.74, 6) is -0.110. The minimum absolute atomic E-state index is 0.279. The van der Waals surface area contributed by atoms with Crippen LogP contribution in [0.25, 0.3) is 22.4 Å². The number of rotatable bonds is 3. The van der Waals surface area contributed by atoms with E-state index in [2.05, 4.69) is 15.4 Å². The highest BCUT2D eigenvalue weighted by molar-refractivity contribution is 6.00. The smallest absolute Gasteiger partial charge is 0.267 e. The maximum absolute atomic E-state index is 13.1. The van der Waals surface area contributed by atoms with Gasteiger partial charge in [-0.25, -0.2) is 4.98 Å². The summed E-state index contributed by atoms with van der Waals surface area (Å²) in [5, 5.41) is 0.419. The summed E-state index contributed by atoms with van der Waals surface area (Å²) in [6.45, 7) is 3.92. The first kappa shape index (κ1) is 17.6. The molecule has 4 aromatic rings. The van der Waals surface area contributed by atoms with E-state index in [1.165, 1.54) is 4.68 Å². The van der Waals surface area contributed by atoms with Gasteiger partial charge >= 0.3 is 0 Å². The summed E-state index contributed by atoms with van der Waals surface area (Å²) < 4.78 is 1.17. The van der Waals surface area contributed by atoms with Crippen molar-refractivity contribution in [3.05, 3.63) is 93.9 Å². The van der Waals surface area contributed by atoms with E-state index in [9.17, 15) is 9.59 Å². The lowest BCUT2D eigenvalue weighted by molar-refractivity contribution is 0.101. The number of para-hydroxylation sites is 1. The van der Waals surface area contributed by atoms with E-state index in [4.69, 9.17) is 0 Å². The predicted molar refractivity (Wildman–Crippen MR) is 109 cm³/mol. The van der Waals surface area contributed by atoms with Crippen LogP contribution in [-0.2, 0) is 0 Å². The van der Waals surface area contributed by atoms with Gasteiger partial charge in [-0.1, -0.05) is 24.3 Å². The van der Waals surface area contributed by atoms with Crippen LogP contribution in [0.1, 0.15) is 21.5 Å². The van der Waals surface area contributed by atoms with Crippen molar-refractivity contribution < 1.29 is 4.79 Å². The first-order chi connectivity index (χ1) is 13.5. The van der Waals surface area contributed by atoms with Crippen LogP contribution in [-0.4, -0.2) is 20.6 Å². The third-order valence-electron chi connectivity index (χ3n) is 4.65. The maximum Gasteiger partial charge on any atom is 0.280 e. The van der Waals surface area contributed by atoms with Gasteiger partial charge in [-0.15, -0.1) is 0 Å². The highest BCUT2D eigenvalue weighted by Crippen LogP contribution is 2.16. The van der Waals surface area contributed by atoms with E-state index >= 15 is 0 Å². The number of benzene rings is 2. The number of aryl methyl sites for hydroxylation is 2. The quantitative estimate of drug-likeness (QED) is 0.599. The Hall–Kier alpha value is -3.80. The van der Waals surface area contributed by atoms with Gasteiger partial charge in [-0.05, 0) is 61.4 Å². The molecule has 0 atom stereocenters. The molecule has 0 unspecified atom stereocenters. The second kappa shape index (κ2) is 7.08. The minimum Gasteiger partial charge on any atom is -0.267 e. The molecule has 1 N–H and O–H groups in total. The summed E-state index contributed by atoms with van der Waals surface area (Å²) in [6, 6.07) is 17.8. The lowest BCUT2D eigenvalue weighted by Crippen LogP contribution is -2.35. The first-order valence-electron chi connectivity index (χ1n) is 8.86. The van der Waals surface area contributed by atoms with Crippen molar-refractivity contribution in [2.24, 2.45) is 0 Å². The van der Waals surface area contributed by atoms with Crippen LogP contribution >= 0.6 is 0 Å². The van der Waals surface area contributed by atoms with Gasteiger partial charge in [0.2, 0.25) is 0 Å². The molecular formula is C22H18N4O2. The van der Waals surface area contributed by atoms with Crippen molar-refractivity contribution in [2.45, 2.75) is 13.8 Å². The second-order valence-corrected chi connectivity index (χ2v) is 6.55. The zero-order valence-electron chi connectivity index (χ0n) is 15.5. The molecular weight excluding hydrogens is 352 g/mol. The van der Waals surface area contributed by atoms with Crippen LogP contribution in [0.4, 0.5) is 0 Å². The Balaban J connectivity index is 1.87. The van der Waals surface area contributed by atoms with Crippen molar-refractivity contribution >= 4 is 16.8 Å². The second-order valence-electron chi connectivity index (χ2n) is 6.55. The molecule has 4 rings (SSSR count). The molecule has 0 saturated heterocycles. The first-order valence-corrected chi connectivity index (χ1v) is 8.86. The van der Waals surface area contributed by atoms with E-state index in [-0.39, 0.29) is 17.3 Å². The van der Waals surface area contributed by atoms with Gasteiger partial charge in [0.1, 0.15) is 5.69 Å². The minimum atomic E-state index is -0.389. The molecule has 0 aliphatic heterocycles. The molecule has 138 valence electrons. The van der Waals surface area contributed by atoms with Gasteiger partial charge in [0.25, 0.3) is 11.5 Å². The van der Waals surface area contributed by atoms with Gasteiger partial charge in [-0.2, -0.15) is 4.68 Å². The van der Waals surface area contributed by atoms with Crippen LogP contribution in [0, 0.1) is 13.8 Å². The van der Waals surface area contributed by atoms with E-state index in [1.54, 1.807) is 54.7 Å². The fraction of sp³-hybridized carbons (Fsp3) is 0.0909. The van der Waals surface area contributed by atoms with E-state index in [1.807, 2.05) is 26.0 Å². The summed E-state index contributed by atoms with van der Waals surface area (Å²) >= 11 is 0. The van der Waals surface area contributed by atoms with E-state index in [0.29, 0.717) is 22.2 Å². The van der Waals surface area contributed by atoms with Crippen molar-refractivity contribution in [1.29, 1.82) is 0 Å². The Morgan fingerprint density at radius 3 is 2.50 bits per heavy atom. The fourth-order valence-electron chi connectivity index (χ4n) is 2.95. The zero-order chi connectivity index (χ0) is 19.7. The van der Waals surface area contributed by atoms with Crippen molar-refractivity contribution in [2.75, 3.05) is 5.43 Å². The number of hydrogen-bond donors (Lipinski definition) is 1. The van der Waals surface area contributed by atoms with Gasteiger partial charge in [0.15, 0.2) is 5.82 Å². The highest BCUT2D eigenvalue weighted by Gasteiger charge is 2.16. The van der Waals surface area contributed by atoms with Gasteiger partial charge < -0.3 is 0 Å². The Morgan fingerprint density at radius 2 is 1.75 bits per heavy atom. The molecule has 0 spiro atoms. The summed E-state index contributed by atoms with van der Waals surface area (Å²) in [7, 11) is 0. The normalized spacial score (nSPS) is 10.8. The molecule has 2 aromatic carbocycles. The lowest BCUT2D eigenvalue weighted by atomic mass is 10.1. The zero-order valence-corrected chi connectivity index (χ0v) is 15.5. The van der Waals surface area contributed by atoms with Crippen molar-refractivity contribution in [1.82, 2.24) is 14.6 Å². The third kappa shape index (κ3) is 3.16. The molecule has 28 heavy (non-hydrogen) atoms. The van der Waals surface area contributed by atoms with Crippen molar-refractivity contribution in [3.63, 3.8) is 0 Å². The summed E-state index contributed by atoms with van der Waals surface area (Å²) in [4.78, 5) is 34.8. The van der Waals surface area contributed by atoms with E-state index in [0.717, 1.165) is 11.1 Å². The molecule has 2 heterocycles. The van der Waals surface area contributed by atoms with Crippen LogP contribution < -0.4 is 11.0 Å². The third-order valence-corrected chi connectivity index (χ3v) is 4.65. The van der Waals surface area contributed by atoms with Crippen molar-refractivity contribution in [3.8, 4) is 11.5 Å². The number of pyridine rings is 1. The molecule has 0 radical (unpaired) electrons. The average molecular weight is 370 g/mol. The fourth-order valence-corrected chi connectivity index (χ4v) is 2.95. The van der Waals surface area contributed by atoms with E-state index < -0.39 is 0 Å². The number of carbonyl (C=O) groups excluding carboxylic acids is 1. The predicted octanol–water partition coefficient (Wildman–Crippen LogP) is 3.46. The van der Waals surface area contributed by atoms with Gasteiger partial charge in [-0.3, -0.25) is 20.0 Å². The Bertz CT molecular complexity index is 1250. The summed E-state index contributed by atoms with van der Waals surface area (Å²) in [5.41, 5.74) is 5.94. The highest BCUT2D eigenvalue weighted by atomic mass is 16.2. The van der Waals surface area contributed by atoms with Crippen LogP contribution in [0.3, 0.4) is 0 Å². The number of hydrogen-bond acceptors (Lipinski definition) is 4. The van der Waals surface area contributed by atoms with Crippen LogP contribution in [0.15, 0.2) is 71.7 Å². The Kier molecular flexibility index (Phi) is 4.45. The number of fused-ring (bicyclic) bond motifs is 1. The molecule has 0 aliphatic carbocycles. The van der Waals surface area contributed by atoms with Gasteiger partial charge in [0.05, 0.1) is 10.9 Å². The monoisotopic (exact) mass is 370 g/mol. The van der Waals surface area contributed by atoms with Crippen LogP contribution in [0.2, 0.25) is 0 Å². The topological polar surface area (TPSA) is 76.9 Å². The number of nitrogens with one attached hydrogen (secondary N) is 1. The number of carbonyl (C=O) groups is 1. The standard InChI is InChI=1S/C22H18N4O2/c1-14-10-11-16(13-15(14)2)21(27)25-26-20(19-9-5-6-12-23-19)24-18-8-4-3-7-17(18)22(26)28/h3-13H,1-2H3,(H,25,27). The number of nitrogens with zero attached hydrogens (tertiary/aromatic N) is 3.